The second-order valence-corrected chi connectivity index (χ2v) is 4.70. The minimum absolute atomic E-state index is 0.0387. The third-order valence-electron chi connectivity index (χ3n) is 2.67. The van der Waals surface area contributed by atoms with Crippen LogP contribution in [0.5, 0.6) is 0 Å². The van der Waals surface area contributed by atoms with Gasteiger partial charge in [-0.15, -0.1) is 0 Å². The highest BCUT2D eigenvalue weighted by Gasteiger charge is 2.17. The number of ketones is 1. The fourth-order valence-corrected chi connectivity index (χ4v) is 2.30. The Balaban J connectivity index is 2.28. The van der Waals surface area contributed by atoms with Gasteiger partial charge in [-0.3, -0.25) is 9.48 Å². The Morgan fingerprint density at radius 1 is 1.44 bits per heavy atom. The fourth-order valence-electron chi connectivity index (χ4n) is 1.78. The number of Topliss-reactive ketones (excluding diaryl/α,β-unsaturated/α-hetero) is 1. The zero-order valence-corrected chi connectivity index (χ0v) is 11.4. The largest absolute Gasteiger partial charge is 0.292 e. The Hall–Kier alpha value is -1.49. The minimum Gasteiger partial charge on any atom is -0.292 e. The van der Waals surface area contributed by atoms with E-state index in [0.29, 0.717) is 22.3 Å². The van der Waals surface area contributed by atoms with Gasteiger partial charge in [0.2, 0.25) is 0 Å². The first-order valence-corrected chi connectivity index (χ1v) is 6.40. The average Bonchev–Trinajstić information content (AvgIpc) is 2.73. The van der Waals surface area contributed by atoms with Crippen LogP contribution in [-0.2, 0) is 13.0 Å². The van der Waals surface area contributed by atoms with Crippen molar-refractivity contribution in [3.05, 3.63) is 52.0 Å². The maximum Gasteiger partial charge on any atom is 0.186 e. The number of carbonyl (C=O) groups excluding carboxylic acids is 1. The molecule has 0 N–H and O–H groups in total. The predicted octanol–water partition coefficient (Wildman–Crippen LogP) is 3.23. The number of benzene rings is 1. The number of carbonyl (C=O) groups is 1. The smallest absolute Gasteiger partial charge is 0.186 e. The highest BCUT2D eigenvalue weighted by Crippen LogP contribution is 2.19. The molecule has 1 aromatic heterocycles. The normalized spacial score (nSPS) is 10.6. The summed E-state index contributed by atoms with van der Waals surface area (Å²) in [4.78, 5) is 12.2. The van der Waals surface area contributed by atoms with Crippen molar-refractivity contribution >= 4 is 21.7 Å². The molecule has 3 nitrogen and oxygen atoms in total. The van der Waals surface area contributed by atoms with Gasteiger partial charge < -0.3 is 0 Å². The molecular formula is C13H12BrFN2O. The fraction of sp³-hybridized carbons (Fsp3) is 0.231. The SMILES string of the molecule is CCn1ncc(Br)c1C(=O)Cc1ccccc1F. The third-order valence-corrected chi connectivity index (χ3v) is 3.25. The van der Waals surface area contributed by atoms with Crippen LogP contribution in [0.25, 0.3) is 0 Å². The number of aromatic nitrogens is 2. The van der Waals surface area contributed by atoms with Crippen LogP contribution < -0.4 is 0 Å². The summed E-state index contributed by atoms with van der Waals surface area (Å²) in [6.07, 6.45) is 1.62. The number of rotatable bonds is 4. The molecule has 2 rings (SSSR count). The lowest BCUT2D eigenvalue weighted by Crippen LogP contribution is -2.13. The topological polar surface area (TPSA) is 34.9 Å². The van der Waals surface area contributed by atoms with E-state index in [0.717, 1.165) is 0 Å². The molecule has 0 bridgehead atoms. The average molecular weight is 311 g/mol. The van der Waals surface area contributed by atoms with Crippen LogP contribution in [0.3, 0.4) is 0 Å². The molecule has 1 heterocycles. The minimum atomic E-state index is -0.357. The molecule has 2 aromatic rings. The Morgan fingerprint density at radius 3 is 2.83 bits per heavy atom. The predicted molar refractivity (Wildman–Crippen MR) is 70.0 cm³/mol. The van der Waals surface area contributed by atoms with Crippen LogP contribution in [0.15, 0.2) is 34.9 Å². The van der Waals surface area contributed by atoms with E-state index in [9.17, 15) is 9.18 Å². The molecule has 18 heavy (non-hydrogen) atoms. The Labute approximate surface area is 113 Å². The quantitative estimate of drug-likeness (QED) is 0.813. The first-order chi connectivity index (χ1) is 8.63. The molecule has 0 aliphatic carbocycles. The number of hydrogen-bond donors (Lipinski definition) is 0. The Morgan fingerprint density at radius 2 is 2.17 bits per heavy atom. The van der Waals surface area contributed by atoms with Crippen LogP contribution in [0.1, 0.15) is 23.0 Å². The number of halogens is 2. The van der Waals surface area contributed by atoms with Crippen LogP contribution in [0, 0.1) is 5.82 Å². The van der Waals surface area contributed by atoms with Crippen molar-refractivity contribution in [2.45, 2.75) is 19.9 Å². The number of nitrogens with zero attached hydrogens (tertiary/aromatic N) is 2. The monoisotopic (exact) mass is 310 g/mol. The second kappa shape index (κ2) is 5.44. The molecule has 1 aromatic carbocycles. The summed E-state index contributed by atoms with van der Waals surface area (Å²) in [6.45, 7) is 2.50. The van der Waals surface area contributed by atoms with E-state index in [1.807, 2.05) is 6.92 Å². The molecular weight excluding hydrogens is 299 g/mol. The van der Waals surface area contributed by atoms with Crippen molar-refractivity contribution < 1.29 is 9.18 Å². The highest BCUT2D eigenvalue weighted by molar-refractivity contribution is 9.10. The lowest BCUT2D eigenvalue weighted by atomic mass is 10.1. The van der Waals surface area contributed by atoms with Gasteiger partial charge in [-0.2, -0.15) is 5.10 Å². The van der Waals surface area contributed by atoms with Crippen LogP contribution >= 0.6 is 15.9 Å². The van der Waals surface area contributed by atoms with E-state index < -0.39 is 0 Å². The lowest BCUT2D eigenvalue weighted by Gasteiger charge is -2.05. The highest BCUT2D eigenvalue weighted by atomic mass is 79.9. The van der Waals surface area contributed by atoms with Gasteiger partial charge in [0.25, 0.3) is 0 Å². The van der Waals surface area contributed by atoms with Crippen molar-refractivity contribution in [2.24, 2.45) is 0 Å². The second-order valence-electron chi connectivity index (χ2n) is 3.85. The van der Waals surface area contributed by atoms with Crippen molar-refractivity contribution in [3.8, 4) is 0 Å². The maximum atomic E-state index is 13.5. The van der Waals surface area contributed by atoms with Crippen LogP contribution in [-0.4, -0.2) is 15.6 Å². The molecule has 0 atom stereocenters. The van der Waals surface area contributed by atoms with Gasteiger partial charge in [-0.25, -0.2) is 4.39 Å². The van der Waals surface area contributed by atoms with Crippen molar-refractivity contribution in [1.82, 2.24) is 9.78 Å². The van der Waals surface area contributed by atoms with E-state index in [1.165, 1.54) is 6.07 Å². The van der Waals surface area contributed by atoms with Gasteiger partial charge in [0, 0.05) is 13.0 Å². The van der Waals surface area contributed by atoms with Gasteiger partial charge in [-0.1, -0.05) is 18.2 Å². The lowest BCUT2D eigenvalue weighted by molar-refractivity contribution is 0.0981. The molecule has 0 saturated carbocycles. The van der Waals surface area contributed by atoms with E-state index in [1.54, 1.807) is 29.1 Å². The van der Waals surface area contributed by atoms with Crippen molar-refractivity contribution in [3.63, 3.8) is 0 Å². The van der Waals surface area contributed by atoms with E-state index in [4.69, 9.17) is 0 Å². The zero-order chi connectivity index (χ0) is 13.1. The van der Waals surface area contributed by atoms with Crippen LogP contribution in [0.2, 0.25) is 0 Å². The standard InChI is InChI=1S/C13H12BrFN2O/c1-2-17-13(10(14)8-16-17)12(18)7-9-5-3-4-6-11(9)15/h3-6,8H,2,7H2,1H3. The van der Waals surface area contributed by atoms with Crippen molar-refractivity contribution in [1.29, 1.82) is 0 Å². The van der Waals surface area contributed by atoms with Gasteiger partial charge >= 0.3 is 0 Å². The molecule has 0 spiro atoms. The summed E-state index contributed by atoms with van der Waals surface area (Å²) < 4.78 is 15.7. The van der Waals surface area contributed by atoms with E-state index in [-0.39, 0.29) is 18.0 Å². The zero-order valence-electron chi connectivity index (χ0n) is 9.86. The summed E-state index contributed by atoms with van der Waals surface area (Å²) in [5.74, 6) is -0.504. The summed E-state index contributed by atoms with van der Waals surface area (Å²) >= 11 is 3.29. The number of aryl methyl sites for hydroxylation is 1. The van der Waals surface area contributed by atoms with Gasteiger partial charge in [-0.05, 0) is 34.5 Å². The van der Waals surface area contributed by atoms with E-state index >= 15 is 0 Å². The van der Waals surface area contributed by atoms with Gasteiger partial charge in [0.15, 0.2) is 5.78 Å². The molecule has 0 fully saturated rings. The first-order valence-electron chi connectivity index (χ1n) is 5.61. The molecule has 0 aliphatic heterocycles. The maximum absolute atomic E-state index is 13.5. The van der Waals surface area contributed by atoms with Gasteiger partial charge in [0.1, 0.15) is 11.5 Å². The summed E-state index contributed by atoms with van der Waals surface area (Å²) in [5.41, 5.74) is 0.888. The Kier molecular flexibility index (Phi) is 3.91. The first kappa shape index (κ1) is 13.0. The molecule has 94 valence electrons. The molecule has 0 amide bonds. The van der Waals surface area contributed by atoms with Crippen molar-refractivity contribution in [2.75, 3.05) is 0 Å². The number of hydrogen-bond acceptors (Lipinski definition) is 2. The molecule has 0 radical (unpaired) electrons. The van der Waals surface area contributed by atoms with Gasteiger partial charge in [0.05, 0.1) is 10.7 Å². The Bertz CT molecular complexity index is 580. The summed E-state index contributed by atoms with van der Waals surface area (Å²) in [7, 11) is 0. The van der Waals surface area contributed by atoms with E-state index in [2.05, 4.69) is 21.0 Å². The molecule has 0 aliphatic rings. The summed E-state index contributed by atoms with van der Waals surface area (Å²) in [5, 5.41) is 4.07. The van der Waals surface area contributed by atoms with Crippen LogP contribution in [0.4, 0.5) is 4.39 Å². The molecule has 5 heteroatoms. The summed E-state index contributed by atoms with van der Waals surface area (Å²) in [6, 6.07) is 6.30. The third kappa shape index (κ3) is 2.51. The molecule has 0 unspecified atom stereocenters. The molecule has 0 saturated heterocycles.